The molecular formula is C14H14ClN3O. The molecular weight excluding hydrogens is 262 g/mol. The van der Waals surface area contributed by atoms with E-state index in [2.05, 4.69) is 10.3 Å². The maximum Gasteiger partial charge on any atom is 0.250 e. The maximum atomic E-state index is 11.1. The monoisotopic (exact) mass is 275 g/mol. The first-order valence-corrected chi connectivity index (χ1v) is 6.16. The smallest absolute Gasteiger partial charge is 0.250 e. The first-order valence-electron chi connectivity index (χ1n) is 5.78. The van der Waals surface area contributed by atoms with Crippen LogP contribution in [0.25, 0.3) is 0 Å². The van der Waals surface area contributed by atoms with Gasteiger partial charge in [0, 0.05) is 11.4 Å². The Hall–Kier alpha value is -2.07. The predicted octanol–water partition coefficient (Wildman–Crippen LogP) is 3.19. The lowest BCUT2D eigenvalue weighted by atomic mass is 10.2. The quantitative estimate of drug-likeness (QED) is 0.904. The summed E-state index contributed by atoms with van der Waals surface area (Å²) in [6.45, 7) is 3.95. The number of aromatic nitrogens is 1. The number of nitrogens with two attached hydrogens (primary N) is 1. The Balaban J connectivity index is 2.26. The minimum atomic E-state index is -0.541. The Bertz CT molecular complexity index is 641. The lowest BCUT2D eigenvalue weighted by Crippen LogP contribution is -2.11. The van der Waals surface area contributed by atoms with E-state index >= 15 is 0 Å². The predicted molar refractivity (Wildman–Crippen MR) is 77.0 cm³/mol. The number of carbonyl (C=O) groups excluding carboxylic acids is 1. The zero-order valence-corrected chi connectivity index (χ0v) is 11.5. The number of aryl methyl sites for hydroxylation is 2. The van der Waals surface area contributed by atoms with E-state index in [1.165, 1.54) is 0 Å². The van der Waals surface area contributed by atoms with Crippen molar-refractivity contribution in [2.45, 2.75) is 13.8 Å². The Morgan fingerprint density at radius 3 is 2.58 bits per heavy atom. The fourth-order valence-electron chi connectivity index (χ4n) is 1.64. The lowest BCUT2D eigenvalue weighted by molar-refractivity contribution is 0.100. The van der Waals surface area contributed by atoms with Crippen LogP contribution >= 0.6 is 11.6 Å². The lowest BCUT2D eigenvalue weighted by Gasteiger charge is -2.09. The molecule has 98 valence electrons. The zero-order valence-electron chi connectivity index (χ0n) is 10.7. The SMILES string of the molecule is Cc1ccc(Nc2ccc(C(N)=O)c(Cl)c2)nc1C. The summed E-state index contributed by atoms with van der Waals surface area (Å²) in [4.78, 5) is 15.5. The minimum absolute atomic E-state index is 0.306. The van der Waals surface area contributed by atoms with Crippen LogP contribution in [0.1, 0.15) is 21.6 Å². The normalized spacial score (nSPS) is 10.3. The van der Waals surface area contributed by atoms with Gasteiger partial charge in [-0.15, -0.1) is 0 Å². The number of hydrogen-bond acceptors (Lipinski definition) is 3. The van der Waals surface area contributed by atoms with E-state index in [9.17, 15) is 4.79 Å². The highest BCUT2D eigenvalue weighted by Gasteiger charge is 2.07. The van der Waals surface area contributed by atoms with Crippen LogP contribution in [-0.2, 0) is 0 Å². The molecule has 4 nitrogen and oxygen atoms in total. The van der Waals surface area contributed by atoms with Gasteiger partial charge in [0.15, 0.2) is 0 Å². The molecule has 0 saturated heterocycles. The van der Waals surface area contributed by atoms with Crippen molar-refractivity contribution in [2.24, 2.45) is 5.73 Å². The number of carbonyl (C=O) groups is 1. The van der Waals surface area contributed by atoms with Gasteiger partial charge < -0.3 is 11.1 Å². The number of primary amides is 1. The van der Waals surface area contributed by atoms with E-state index in [1.807, 2.05) is 26.0 Å². The highest BCUT2D eigenvalue weighted by atomic mass is 35.5. The number of benzene rings is 1. The van der Waals surface area contributed by atoms with Gasteiger partial charge in [-0.2, -0.15) is 0 Å². The summed E-state index contributed by atoms with van der Waals surface area (Å²) in [6, 6.07) is 8.86. The van der Waals surface area contributed by atoms with Crippen molar-refractivity contribution in [3.05, 3.63) is 52.2 Å². The molecule has 0 atom stereocenters. The fraction of sp³-hybridized carbons (Fsp3) is 0.143. The average molecular weight is 276 g/mol. The topological polar surface area (TPSA) is 68.0 Å². The molecule has 2 aromatic rings. The first-order chi connectivity index (χ1) is 8.97. The molecule has 1 aromatic carbocycles. The Morgan fingerprint density at radius 2 is 2.00 bits per heavy atom. The number of amides is 1. The molecule has 19 heavy (non-hydrogen) atoms. The van der Waals surface area contributed by atoms with Crippen LogP contribution in [0.15, 0.2) is 30.3 Å². The number of halogens is 1. The summed E-state index contributed by atoms with van der Waals surface area (Å²) >= 11 is 5.99. The molecule has 0 saturated carbocycles. The molecule has 1 amide bonds. The molecule has 1 aromatic heterocycles. The van der Waals surface area contributed by atoms with Crippen molar-refractivity contribution < 1.29 is 4.79 Å². The fourth-order valence-corrected chi connectivity index (χ4v) is 1.91. The summed E-state index contributed by atoms with van der Waals surface area (Å²) < 4.78 is 0. The van der Waals surface area contributed by atoms with Crippen LogP contribution < -0.4 is 11.1 Å². The summed E-state index contributed by atoms with van der Waals surface area (Å²) in [6.07, 6.45) is 0. The standard InChI is InChI=1S/C14H14ClN3O/c1-8-3-6-13(17-9(8)2)18-10-4-5-11(14(16)19)12(15)7-10/h3-7H,1-2H3,(H2,16,19)(H,17,18). The highest BCUT2D eigenvalue weighted by molar-refractivity contribution is 6.34. The van der Waals surface area contributed by atoms with E-state index in [1.54, 1.807) is 18.2 Å². The summed E-state index contributed by atoms with van der Waals surface area (Å²) in [5.41, 5.74) is 8.35. The third-order valence-corrected chi connectivity index (χ3v) is 3.17. The third-order valence-electron chi connectivity index (χ3n) is 2.86. The average Bonchev–Trinajstić information content (AvgIpc) is 2.33. The summed E-state index contributed by atoms with van der Waals surface area (Å²) in [5.74, 6) is 0.187. The second-order valence-electron chi connectivity index (χ2n) is 4.28. The number of nitrogens with one attached hydrogen (secondary N) is 1. The number of anilines is 2. The van der Waals surface area contributed by atoms with E-state index in [0.29, 0.717) is 10.6 Å². The number of nitrogens with zero attached hydrogens (tertiary/aromatic N) is 1. The molecule has 0 aliphatic rings. The van der Waals surface area contributed by atoms with Crippen molar-refractivity contribution in [3.8, 4) is 0 Å². The van der Waals surface area contributed by atoms with Crippen molar-refractivity contribution in [1.82, 2.24) is 4.98 Å². The van der Waals surface area contributed by atoms with E-state index in [4.69, 9.17) is 17.3 Å². The summed E-state index contributed by atoms with van der Waals surface area (Å²) in [7, 11) is 0. The molecule has 3 N–H and O–H groups in total. The second-order valence-corrected chi connectivity index (χ2v) is 4.69. The Labute approximate surface area is 116 Å². The Kier molecular flexibility index (Phi) is 3.71. The van der Waals surface area contributed by atoms with Gasteiger partial charge in [-0.1, -0.05) is 17.7 Å². The molecule has 2 rings (SSSR count). The van der Waals surface area contributed by atoms with Gasteiger partial charge >= 0.3 is 0 Å². The molecule has 5 heteroatoms. The first kappa shape index (κ1) is 13.4. The molecule has 0 aliphatic heterocycles. The van der Waals surface area contributed by atoms with Gasteiger partial charge in [-0.3, -0.25) is 4.79 Å². The molecule has 0 radical (unpaired) electrons. The van der Waals surface area contributed by atoms with Crippen molar-refractivity contribution >= 4 is 29.0 Å². The highest BCUT2D eigenvalue weighted by Crippen LogP contribution is 2.23. The minimum Gasteiger partial charge on any atom is -0.366 e. The van der Waals surface area contributed by atoms with E-state index in [-0.39, 0.29) is 0 Å². The van der Waals surface area contributed by atoms with Gasteiger partial charge in [-0.05, 0) is 43.7 Å². The van der Waals surface area contributed by atoms with Crippen LogP contribution in [0.3, 0.4) is 0 Å². The van der Waals surface area contributed by atoms with Gasteiger partial charge in [0.2, 0.25) is 5.91 Å². The molecule has 0 fully saturated rings. The van der Waals surface area contributed by atoms with Crippen LogP contribution in [0.5, 0.6) is 0 Å². The number of pyridine rings is 1. The third kappa shape index (κ3) is 3.03. The zero-order chi connectivity index (χ0) is 14.0. The molecule has 1 heterocycles. The molecule has 0 spiro atoms. The van der Waals surface area contributed by atoms with Crippen LogP contribution in [-0.4, -0.2) is 10.9 Å². The Morgan fingerprint density at radius 1 is 1.26 bits per heavy atom. The van der Waals surface area contributed by atoms with Gasteiger partial charge in [0.25, 0.3) is 0 Å². The van der Waals surface area contributed by atoms with Crippen molar-refractivity contribution in [2.75, 3.05) is 5.32 Å². The molecule has 0 unspecified atom stereocenters. The van der Waals surface area contributed by atoms with Crippen LogP contribution in [0, 0.1) is 13.8 Å². The van der Waals surface area contributed by atoms with Crippen molar-refractivity contribution in [1.29, 1.82) is 0 Å². The maximum absolute atomic E-state index is 11.1. The van der Waals surface area contributed by atoms with Crippen LogP contribution in [0.4, 0.5) is 11.5 Å². The molecule has 0 bridgehead atoms. The van der Waals surface area contributed by atoms with Gasteiger partial charge in [0.1, 0.15) is 5.82 Å². The van der Waals surface area contributed by atoms with Crippen molar-refractivity contribution in [3.63, 3.8) is 0 Å². The summed E-state index contributed by atoms with van der Waals surface area (Å²) in [5, 5.41) is 3.45. The van der Waals surface area contributed by atoms with E-state index < -0.39 is 5.91 Å². The van der Waals surface area contributed by atoms with Crippen LogP contribution in [0.2, 0.25) is 5.02 Å². The largest absolute Gasteiger partial charge is 0.366 e. The van der Waals surface area contributed by atoms with Gasteiger partial charge in [0.05, 0.1) is 10.6 Å². The number of hydrogen-bond donors (Lipinski definition) is 2. The second kappa shape index (κ2) is 5.28. The van der Waals surface area contributed by atoms with Gasteiger partial charge in [-0.25, -0.2) is 4.98 Å². The molecule has 0 aliphatic carbocycles. The number of rotatable bonds is 3. The van der Waals surface area contributed by atoms with E-state index in [0.717, 1.165) is 22.8 Å².